The Labute approximate surface area is 183 Å². The fourth-order valence-corrected chi connectivity index (χ4v) is 4.32. The van der Waals surface area contributed by atoms with E-state index in [4.69, 9.17) is 0 Å². The molecular weight excluding hydrogens is 440 g/mol. The topological polar surface area (TPSA) is 133 Å². The third kappa shape index (κ3) is 7.35. The molecule has 0 heterocycles. The van der Waals surface area contributed by atoms with Crippen LogP contribution in [0.1, 0.15) is 45.7 Å². The van der Waals surface area contributed by atoms with Crippen LogP contribution in [0.2, 0.25) is 0 Å². The summed E-state index contributed by atoms with van der Waals surface area (Å²) in [6, 6.07) is 8.94. The Morgan fingerprint density at radius 2 is 1.23 bits per heavy atom. The second-order valence-corrected chi connectivity index (χ2v) is 11.2. The number of benzene rings is 2. The molecule has 0 atom stereocenters. The van der Waals surface area contributed by atoms with E-state index in [-0.39, 0.29) is 32.5 Å². The highest BCUT2D eigenvalue weighted by molar-refractivity contribution is 7.86. The van der Waals surface area contributed by atoms with Gasteiger partial charge in [0.05, 0.1) is 0 Å². The van der Waals surface area contributed by atoms with Crippen molar-refractivity contribution < 1.29 is 25.9 Å². The van der Waals surface area contributed by atoms with E-state index < -0.39 is 20.2 Å². The zero-order valence-corrected chi connectivity index (χ0v) is 19.7. The quantitative estimate of drug-likeness (QED) is 0.348. The number of hydrogen-bond donors (Lipinski definition) is 4. The Morgan fingerprint density at radius 3 is 1.61 bits per heavy atom. The lowest BCUT2D eigenvalue weighted by atomic mass is 10.1. The highest BCUT2D eigenvalue weighted by Crippen LogP contribution is 2.27. The van der Waals surface area contributed by atoms with Crippen molar-refractivity contribution in [2.45, 2.75) is 56.0 Å². The minimum absolute atomic E-state index is 0.0492. The van der Waals surface area contributed by atoms with Crippen LogP contribution in [-0.2, 0) is 20.2 Å². The summed E-state index contributed by atoms with van der Waals surface area (Å²) in [4.78, 5) is -0.654. The van der Waals surface area contributed by atoms with E-state index in [9.17, 15) is 25.9 Å². The molecule has 170 valence electrons. The summed E-state index contributed by atoms with van der Waals surface area (Å²) in [5.41, 5.74) is 1.00. The Balaban J connectivity index is 2.54. The fourth-order valence-electron chi connectivity index (χ4n) is 2.90. The number of hydrogen-bond acceptors (Lipinski definition) is 6. The van der Waals surface area contributed by atoms with Gasteiger partial charge in [-0.25, -0.2) is 0 Å². The molecule has 10 heteroatoms. The van der Waals surface area contributed by atoms with Gasteiger partial charge >= 0.3 is 0 Å². The predicted molar refractivity (Wildman–Crippen MR) is 124 cm³/mol. The van der Waals surface area contributed by atoms with Gasteiger partial charge in [0.2, 0.25) is 0 Å². The molecule has 0 amide bonds. The molecule has 0 aromatic heterocycles. The maximum atomic E-state index is 11.9. The summed E-state index contributed by atoms with van der Waals surface area (Å²) in [7, 11) is -9.07. The van der Waals surface area contributed by atoms with Crippen molar-refractivity contribution >= 4 is 43.8 Å². The summed E-state index contributed by atoms with van der Waals surface area (Å²) in [5.74, 6) is 0. The first-order chi connectivity index (χ1) is 14.1. The van der Waals surface area contributed by atoms with E-state index in [2.05, 4.69) is 10.6 Å². The van der Waals surface area contributed by atoms with Gasteiger partial charge < -0.3 is 10.6 Å². The molecule has 0 aliphatic rings. The molecule has 0 unspecified atom stereocenters. The maximum Gasteiger partial charge on any atom is 0.295 e. The number of anilines is 2. The largest absolute Gasteiger partial charge is 0.383 e. The highest BCUT2D eigenvalue weighted by atomic mass is 32.2. The molecule has 0 fully saturated rings. The molecule has 0 bridgehead atoms. The molecule has 0 saturated carbocycles. The van der Waals surface area contributed by atoms with Crippen LogP contribution in [0, 0.1) is 0 Å². The predicted octanol–water partition coefficient (Wildman–Crippen LogP) is 4.38. The third-order valence-corrected chi connectivity index (χ3v) is 5.82. The first-order valence-electron chi connectivity index (χ1n) is 9.52. The molecular formula is C21H28N2O6S2. The second kappa shape index (κ2) is 8.99. The Morgan fingerprint density at radius 1 is 0.806 bits per heavy atom. The van der Waals surface area contributed by atoms with Crippen LogP contribution >= 0.6 is 0 Å². The van der Waals surface area contributed by atoms with Crippen molar-refractivity contribution in [3.05, 3.63) is 47.5 Å². The summed E-state index contributed by atoms with van der Waals surface area (Å²) in [6.45, 7) is 9.49. The SMILES string of the molecule is CC(C)Nc1ccc(/C=C/c2ccc(NC(C)(C)C)cc2S(=O)(=O)O)c(S(=O)(=O)O)c1. The second-order valence-electron chi connectivity index (χ2n) is 8.46. The lowest BCUT2D eigenvalue weighted by Gasteiger charge is -2.22. The van der Waals surface area contributed by atoms with Gasteiger partial charge in [0.1, 0.15) is 9.79 Å². The van der Waals surface area contributed by atoms with Crippen LogP contribution in [-0.4, -0.2) is 37.5 Å². The van der Waals surface area contributed by atoms with E-state index in [1.165, 1.54) is 36.4 Å². The molecule has 0 aliphatic carbocycles. The molecule has 31 heavy (non-hydrogen) atoms. The van der Waals surface area contributed by atoms with Crippen molar-refractivity contribution in [2.75, 3.05) is 10.6 Å². The zero-order valence-electron chi connectivity index (χ0n) is 18.0. The smallest absolute Gasteiger partial charge is 0.295 e. The van der Waals surface area contributed by atoms with Gasteiger partial charge in [-0.1, -0.05) is 24.3 Å². The van der Waals surface area contributed by atoms with Crippen LogP contribution in [0.4, 0.5) is 11.4 Å². The molecule has 0 saturated heterocycles. The third-order valence-electron chi connectivity index (χ3n) is 4.00. The van der Waals surface area contributed by atoms with Crippen LogP contribution in [0.15, 0.2) is 46.2 Å². The van der Waals surface area contributed by atoms with Crippen molar-refractivity contribution in [1.82, 2.24) is 0 Å². The molecule has 2 aromatic carbocycles. The number of rotatable bonds is 7. The normalized spacial score (nSPS) is 13.0. The minimum atomic E-state index is -4.54. The summed E-state index contributed by atoms with van der Waals surface area (Å²) >= 11 is 0. The van der Waals surface area contributed by atoms with Gasteiger partial charge in [0, 0.05) is 23.0 Å². The van der Waals surface area contributed by atoms with E-state index >= 15 is 0 Å². The molecule has 2 rings (SSSR count). The van der Waals surface area contributed by atoms with Gasteiger partial charge in [0.15, 0.2) is 0 Å². The first kappa shape index (κ1) is 24.9. The summed E-state index contributed by atoms with van der Waals surface area (Å²) in [5, 5.41) is 6.18. The van der Waals surface area contributed by atoms with Crippen LogP contribution in [0.25, 0.3) is 12.2 Å². The lowest BCUT2D eigenvalue weighted by Crippen LogP contribution is -2.26. The standard InChI is InChI=1S/C21H28N2O6S2/c1-14(2)22-17-10-8-15(19(12-17)30(24,25)26)6-7-16-9-11-18(23-21(3,4)5)13-20(16)31(27,28)29/h6-14,22-23H,1-5H3,(H,24,25,26)(H,27,28,29)/b7-6+. The summed E-state index contributed by atoms with van der Waals surface area (Å²) in [6.07, 6.45) is 2.73. The zero-order chi connectivity index (χ0) is 23.6. The van der Waals surface area contributed by atoms with Crippen molar-refractivity contribution in [3.8, 4) is 0 Å². The van der Waals surface area contributed by atoms with E-state index in [1.807, 2.05) is 34.6 Å². The van der Waals surface area contributed by atoms with Crippen molar-refractivity contribution in [1.29, 1.82) is 0 Å². The van der Waals surface area contributed by atoms with E-state index in [0.29, 0.717) is 11.4 Å². The molecule has 0 radical (unpaired) electrons. The van der Waals surface area contributed by atoms with Gasteiger partial charge in [-0.05, 0) is 70.0 Å². The van der Waals surface area contributed by atoms with Crippen LogP contribution < -0.4 is 10.6 Å². The van der Waals surface area contributed by atoms with E-state index in [0.717, 1.165) is 0 Å². The monoisotopic (exact) mass is 468 g/mol. The van der Waals surface area contributed by atoms with Crippen LogP contribution in [0.5, 0.6) is 0 Å². The number of nitrogens with one attached hydrogen (secondary N) is 2. The highest BCUT2D eigenvalue weighted by Gasteiger charge is 2.18. The molecule has 4 N–H and O–H groups in total. The lowest BCUT2D eigenvalue weighted by molar-refractivity contribution is 0.480. The van der Waals surface area contributed by atoms with Gasteiger partial charge in [-0.2, -0.15) is 16.8 Å². The average molecular weight is 469 g/mol. The minimum Gasteiger partial charge on any atom is -0.383 e. The molecule has 0 spiro atoms. The Kier molecular flexibility index (Phi) is 7.21. The van der Waals surface area contributed by atoms with Crippen LogP contribution in [0.3, 0.4) is 0 Å². The van der Waals surface area contributed by atoms with Gasteiger partial charge in [-0.15, -0.1) is 0 Å². The van der Waals surface area contributed by atoms with E-state index in [1.54, 1.807) is 12.1 Å². The Bertz CT molecular complexity index is 1190. The molecule has 0 aliphatic heterocycles. The summed E-state index contributed by atoms with van der Waals surface area (Å²) < 4.78 is 66.8. The molecule has 2 aromatic rings. The molecule has 8 nitrogen and oxygen atoms in total. The maximum absolute atomic E-state index is 11.9. The average Bonchev–Trinajstić information content (AvgIpc) is 2.57. The van der Waals surface area contributed by atoms with Gasteiger partial charge in [0.25, 0.3) is 20.2 Å². The van der Waals surface area contributed by atoms with Crippen molar-refractivity contribution in [2.24, 2.45) is 0 Å². The van der Waals surface area contributed by atoms with Crippen molar-refractivity contribution in [3.63, 3.8) is 0 Å². The Hall–Kier alpha value is -2.40. The fraction of sp³-hybridized carbons (Fsp3) is 0.333. The van der Waals surface area contributed by atoms with Gasteiger partial charge in [-0.3, -0.25) is 9.11 Å². The first-order valence-corrected chi connectivity index (χ1v) is 12.4.